The summed E-state index contributed by atoms with van der Waals surface area (Å²) in [5.74, 6) is 0.659. The first-order valence-corrected chi connectivity index (χ1v) is 6.73. The summed E-state index contributed by atoms with van der Waals surface area (Å²) in [6, 6.07) is 8.23. The highest BCUT2D eigenvalue weighted by Crippen LogP contribution is 2.24. The maximum Gasteiger partial charge on any atom is 0.327 e. The van der Waals surface area contributed by atoms with E-state index in [0.717, 1.165) is 13.0 Å². The number of imidazole rings is 1. The Morgan fingerprint density at radius 3 is 2.71 bits per heavy atom. The van der Waals surface area contributed by atoms with Crippen LogP contribution in [0.15, 0.2) is 33.9 Å². The highest BCUT2D eigenvalue weighted by Gasteiger charge is 2.22. The summed E-state index contributed by atoms with van der Waals surface area (Å²) in [6.45, 7) is 0.755. The van der Waals surface area contributed by atoms with Crippen LogP contribution in [-0.4, -0.2) is 19.9 Å². The predicted molar refractivity (Wildman–Crippen MR) is 77.1 cm³/mol. The van der Waals surface area contributed by atoms with Crippen LogP contribution < -0.4 is 16.6 Å². The lowest BCUT2D eigenvalue weighted by atomic mass is 9.96. The highest BCUT2D eigenvalue weighted by molar-refractivity contribution is 5.68. The van der Waals surface area contributed by atoms with Crippen LogP contribution in [0.25, 0.3) is 11.2 Å². The van der Waals surface area contributed by atoms with Crippen molar-refractivity contribution in [3.05, 3.63) is 62.1 Å². The second-order valence-corrected chi connectivity index (χ2v) is 5.16. The fourth-order valence-corrected chi connectivity index (χ4v) is 2.76. The molecule has 0 saturated heterocycles. The highest BCUT2D eigenvalue weighted by atomic mass is 16.2. The zero-order chi connectivity index (χ0) is 14.4. The van der Waals surface area contributed by atoms with E-state index in [1.165, 1.54) is 11.1 Å². The second kappa shape index (κ2) is 4.42. The molecule has 7 heteroatoms. The average molecular weight is 283 g/mol. The molecule has 1 aliphatic rings. The van der Waals surface area contributed by atoms with Gasteiger partial charge in [0.2, 0.25) is 0 Å². The lowest BCUT2D eigenvalue weighted by Crippen LogP contribution is -2.29. The first-order chi connectivity index (χ1) is 10.2. The molecule has 0 spiro atoms. The van der Waals surface area contributed by atoms with Crippen molar-refractivity contribution in [1.82, 2.24) is 25.3 Å². The molecule has 0 saturated carbocycles. The van der Waals surface area contributed by atoms with E-state index in [9.17, 15) is 9.59 Å². The van der Waals surface area contributed by atoms with E-state index < -0.39 is 11.2 Å². The van der Waals surface area contributed by atoms with Crippen LogP contribution >= 0.6 is 0 Å². The van der Waals surface area contributed by atoms with Gasteiger partial charge in [0.25, 0.3) is 5.56 Å². The van der Waals surface area contributed by atoms with Gasteiger partial charge in [-0.3, -0.25) is 14.8 Å². The standard InChI is InChI=1S/C14H13N5O2/c20-13-10-12(18-14(21)19-13)17-11(16-10)9-5-7-3-1-2-4-8(7)6-15-9/h1-4,9,15H,5-6H2,(H3,16,17,18,19,20,21). The minimum atomic E-state index is -0.549. The Morgan fingerprint density at radius 2 is 1.86 bits per heavy atom. The summed E-state index contributed by atoms with van der Waals surface area (Å²) in [5.41, 5.74) is 2.13. The Morgan fingerprint density at radius 1 is 1.05 bits per heavy atom. The number of rotatable bonds is 1. The minimum absolute atomic E-state index is 0.00444. The van der Waals surface area contributed by atoms with Crippen LogP contribution in [0.5, 0.6) is 0 Å². The molecule has 0 fully saturated rings. The first kappa shape index (κ1) is 12.1. The summed E-state index contributed by atoms with van der Waals surface area (Å²) in [4.78, 5) is 35.1. The molecule has 7 nitrogen and oxygen atoms in total. The number of hydrogen-bond donors (Lipinski definition) is 4. The van der Waals surface area contributed by atoms with E-state index in [1.807, 2.05) is 12.1 Å². The van der Waals surface area contributed by atoms with Crippen LogP contribution in [-0.2, 0) is 13.0 Å². The Hall–Kier alpha value is -2.67. The average Bonchev–Trinajstić information content (AvgIpc) is 2.91. The monoisotopic (exact) mass is 283 g/mol. The number of benzene rings is 1. The number of aromatic nitrogens is 4. The van der Waals surface area contributed by atoms with E-state index in [-0.39, 0.29) is 6.04 Å². The molecule has 0 radical (unpaired) electrons. The van der Waals surface area contributed by atoms with E-state index in [0.29, 0.717) is 17.0 Å². The maximum atomic E-state index is 11.7. The third-order valence-electron chi connectivity index (χ3n) is 3.82. The Bertz CT molecular complexity index is 936. The van der Waals surface area contributed by atoms with E-state index in [1.54, 1.807) is 0 Å². The Balaban J connectivity index is 1.77. The van der Waals surface area contributed by atoms with Gasteiger partial charge in [0.05, 0.1) is 6.04 Å². The van der Waals surface area contributed by atoms with Gasteiger partial charge < -0.3 is 10.3 Å². The van der Waals surface area contributed by atoms with Gasteiger partial charge in [-0.2, -0.15) is 0 Å². The van der Waals surface area contributed by atoms with Crippen molar-refractivity contribution in [2.75, 3.05) is 0 Å². The van der Waals surface area contributed by atoms with Crippen LogP contribution in [0.1, 0.15) is 23.0 Å². The number of aromatic amines is 3. The summed E-state index contributed by atoms with van der Waals surface area (Å²) in [6.07, 6.45) is 0.790. The van der Waals surface area contributed by atoms with Gasteiger partial charge >= 0.3 is 5.69 Å². The van der Waals surface area contributed by atoms with Crippen molar-refractivity contribution < 1.29 is 0 Å². The fourth-order valence-electron chi connectivity index (χ4n) is 2.76. The zero-order valence-corrected chi connectivity index (χ0v) is 11.1. The number of nitrogens with one attached hydrogen (secondary N) is 4. The molecule has 106 valence electrons. The van der Waals surface area contributed by atoms with Crippen molar-refractivity contribution in [2.45, 2.75) is 19.0 Å². The lowest BCUT2D eigenvalue weighted by molar-refractivity contribution is 0.481. The van der Waals surface area contributed by atoms with Crippen LogP contribution in [0.2, 0.25) is 0 Å². The molecule has 0 amide bonds. The minimum Gasteiger partial charge on any atom is -0.335 e. The lowest BCUT2D eigenvalue weighted by Gasteiger charge is -2.24. The van der Waals surface area contributed by atoms with Gasteiger partial charge in [0, 0.05) is 6.54 Å². The summed E-state index contributed by atoms with van der Waals surface area (Å²) >= 11 is 0. The van der Waals surface area contributed by atoms with Crippen molar-refractivity contribution in [1.29, 1.82) is 0 Å². The fraction of sp³-hybridized carbons (Fsp3) is 0.214. The molecule has 1 unspecified atom stereocenters. The number of fused-ring (bicyclic) bond motifs is 2. The normalized spacial score (nSPS) is 17.8. The molecule has 0 bridgehead atoms. The predicted octanol–water partition coefficient (Wildman–Crippen LogP) is 0.327. The Labute approximate surface area is 118 Å². The van der Waals surface area contributed by atoms with Crippen LogP contribution in [0, 0.1) is 0 Å². The van der Waals surface area contributed by atoms with Crippen molar-refractivity contribution >= 4 is 11.2 Å². The number of nitrogens with zero attached hydrogens (tertiary/aromatic N) is 1. The summed E-state index contributed by atoms with van der Waals surface area (Å²) in [7, 11) is 0. The molecular formula is C14H13N5O2. The molecule has 1 aliphatic heterocycles. The third kappa shape index (κ3) is 1.98. The SMILES string of the molecule is O=c1[nH]c(=O)c2[nH]c(C3Cc4ccccc4CN3)nc2[nH]1. The van der Waals surface area contributed by atoms with Gasteiger partial charge in [-0.15, -0.1) is 0 Å². The van der Waals surface area contributed by atoms with Gasteiger partial charge in [0.15, 0.2) is 5.65 Å². The van der Waals surface area contributed by atoms with Gasteiger partial charge in [0.1, 0.15) is 11.3 Å². The molecule has 3 heterocycles. The van der Waals surface area contributed by atoms with Crippen LogP contribution in [0.3, 0.4) is 0 Å². The molecule has 21 heavy (non-hydrogen) atoms. The molecule has 4 rings (SSSR count). The van der Waals surface area contributed by atoms with Crippen molar-refractivity contribution in [3.63, 3.8) is 0 Å². The first-order valence-electron chi connectivity index (χ1n) is 6.73. The summed E-state index contributed by atoms with van der Waals surface area (Å²) in [5, 5.41) is 3.39. The number of hydrogen-bond acceptors (Lipinski definition) is 4. The quantitative estimate of drug-likeness (QED) is 0.516. The summed E-state index contributed by atoms with van der Waals surface area (Å²) < 4.78 is 0. The van der Waals surface area contributed by atoms with Gasteiger partial charge in [-0.25, -0.2) is 9.78 Å². The van der Waals surface area contributed by atoms with E-state index >= 15 is 0 Å². The number of H-pyrrole nitrogens is 3. The second-order valence-electron chi connectivity index (χ2n) is 5.16. The van der Waals surface area contributed by atoms with Gasteiger partial charge in [-0.05, 0) is 17.5 Å². The zero-order valence-electron chi connectivity index (χ0n) is 11.1. The topological polar surface area (TPSA) is 106 Å². The molecule has 1 atom stereocenters. The Kier molecular flexibility index (Phi) is 2.55. The largest absolute Gasteiger partial charge is 0.335 e. The van der Waals surface area contributed by atoms with E-state index in [2.05, 4.69) is 37.4 Å². The maximum absolute atomic E-state index is 11.7. The molecular weight excluding hydrogens is 270 g/mol. The molecule has 4 N–H and O–H groups in total. The molecule has 3 aromatic rings. The van der Waals surface area contributed by atoms with Crippen LogP contribution in [0.4, 0.5) is 0 Å². The molecule has 1 aromatic carbocycles. The smallest absolute Gasteiger partial charge is 0.327 e. The van der Waals surface area contributed by atoms with E-state index in [4.69, 9.17) is 0 Å². The third-order valence-corrected chi connectivity index (χ3v) is 3.82. The van der Waals surface area contributed by atoms with Crippen molar-refractivity contribution in [2.24, 2.45) is 0 Å². The van der Waals surface area contributed by atoms with Crippen molar-refractivity contribution in [3.8, 4) is 0 Å². The van der Waals surface area contributed by atoms with Gasteiger partial charge in [-0.1, -0.05) is 24.3 Å². The molecule has 0 aliphatic carbocycles. The molecule has 2 aromatic heterocycles.